The molecule has 1 aromatic carbocycles. The predicted octanol–water partition coefficient (Wildman–Crippen LogP) is -0.242. The van der Waals surface area contributed by atoms with Gasteiger partial charge in [0.2, 0.25) is 11.8 Å². The third-order valence-electron chi connectivity index (χ3n) is 2.65. The molecular formula is C12H13N3O3. The van der Waals surface area contributed by atoms with Gasteiger partial charge in [0.05, 0.1) is 0 Å². The molecule has 3 N–H and O–H groups in total. The van der Waals surface area contributed by atoms with Gasteiger partial charge in [-0.25, -0.2) is 4.79 Å². The third-order valence-corrected chi connectivity index (χ3v) is 2.65. The fourth-order valence-electron chi connectivity index (χ4n) is 1.65. The second-order valence-corrected chi connectivity index (χ2v) is 3.96. The van der Waals surface area contributed by atoms with Crippen LogP contribution in [0.3, 0.4) is 0 Å². The Kier molecular flexibility index (Phi) is 3.57. The fraction of sp³-hybridized carbons (Fsp3) is 0.250. The van der Waals surface area contributed by atoms with Crippen molar-refractivity contribution in [3.8, 4) is 0 Å². The SMILES string of the molecule is O=C1NCC(C(=O)NCc2ccccc2)C(=O)N1. The first kappa shape index (κ1) is 12.1. The van der Waals surface area contributed by atoms with Crippen molar-refractivity contribution in [1.29, 1.82) is 0 Å². The van der Waals surface area contributed by atoms with E-state index in [1.807, 2.05) is 30.3 Å². The zero-order valence-corrected chi connectivity index (χ0v) is 9.60. The van der Waals surface area contributed by atoms with Gasteiger partial charge in [0.15, 0.2) is 0 Å². The zero-order chi connectivity index (χ0) is 13.0. The first-order valence-corrected chi connectivity index (χ1v) is 5.57. The van der Waals surface area contributed by atoms with Crippen LogP contribution in [0.5, 0.6) is 0 Å². The average molecular weight is 247 g/mol. The smallest absolute Gasteiger partial charge is 0.321 e. The van der Waals surface area contributed by atoms with Crippen LogP contribution < -0.4 is 16.0 Å². The number of urea groups is 1. The van der Waals surface area contributed by atoms with E-state index in [1.54, 1.807) is 0 Å². The van der Waals surface area contributed by atoms with Crippen molar-refractivity contribution >= 4 is 17.8 Å². The van der Waals surface area contributed by atoms with E-state index in [2.05, 4.69) is 16.0 Å². The molecule has 6 nitrogen and oxygen atoms in total. The van der Waals surface area contributed by atoms with Crippen LogP contribution in [0.2, 0.25) is 0 Å². The van der Waals surface area contributed by atoms with Crippen LogP contribution in [0.1, 0.15) is 5.56 Å². The van der Waals surface area contributed by atoms with Crippen LogP contribution in [0.4, 0.5) is 4.79 Å². The van der Waals surface area contributed by atoms with Crippen molar-refractivity contribution in [2.45, 2.75) is 6.54 Å². The van der Waals surface area contributed by atoms with Crippen LogP contribution in [-0.2, 0) is 16.1 Å². The standard InChI is InChI=1S/C12H13N3O3/c16-10(9-7-14-12(18)15-11(9)17)13-6-8-4-2-1-3-5-8/h1-5,9H,6-7H2,(H,13,16)(H2,14,15,17,18). The topological polar surface area (TPSA) is 87.3 Å². The van der Waals surface area contributed by atoms with Crippen LogP contribution in [0.15, 0.2) is 30.3 Å². The summed E-state index contributed by atoms with van der Waals surface area (Å²) in [6.07, 6.45) is 0. The minimum atomic E-state index is -0.869. The highest BCUT2D eigenvalue weighted by atomic mass is 16.2. The van der Waals surface area contributed by atoms with E-state index < -0.39 is 23.8 Å². The summed E-state index contributed by atoms with van der Waals surface area (Å²) in [7, 11) is 0. The van der Waals surface area contributed by atoms with Crippen molar-refractivity contribution in [2.75, 3.05) is 6.54 Å². The molecule has 1 atom stereocenters. The molecule has 1 saturated heterocycles. The minimum Gasteiger partial charge on any atom is -0.351 e. The molecule has 1 aromatic rings. The summed E-state index contributed by atoms with van der Waals surface area (Å²) in [4.78, 5) is 34.0. The number of carbonyl (C=O) groups is 3. The fourth-order valence-corrected chi connectivity index (χ4v) is 1.65. The Morgan fingerprint density at radius 3 is 2.67 bits per heavy atom. The number of benzene rings is 1. The zero-order valence-electron chi connectivity index (χ0n) is 9.60. The lowest BCUT2D eigenvalue weighted by Gasteiger charge is -2.21. The molecule has 0 bridgehead atoms. The van der Waals surface area contributed by atoms with Crippen molar-refractivity contribution in [3.63, 3.8) is 0 Å². The number of hydrogen-bond acceptors (Lipinski definition) is 3. The summed E-state index contributed by atoms with van der Waals surface area (Å²) in [5, 5.41) is 7.13. The second-order valence-electron chi connectivity index (χ2n) is 3.96. The largest absolute Gasteiger partial charge is 0.351 e. The first-order valence-electron chi connectivity index (χ1n) is 5.57. The van der Waals surface area contributed by atoms with Crippen LogP contribution in [-0.4, -0.2) is 24.4 Å². The monoisotopic (exact) mass is 247 g/mol. The highest BCUT2D eigenvalue weighted by Crippen LogP contribution is 2.02. The number of nitrogens with one attached hydrogen (secondary N) is 3. The molecule has 1 heterocycles. The maximum Gasteiger partial charge on any atom is 0.321 e. The van der Waals surface area contributed by atoms with Crippen molar-refractivity contribution < 1.29 is 14.4 Å². The van der Waals surface area contributed by atoms with Crippen LogP contribution >= 0.6 is 0 Å². The highest BCUT2D eigenvalue weighted by molar-refractivity contribution is 6.08. The number of hydrogen-bond donors (Lipinski definition) is 3. The Labute approximate surface area is 104 Å². The van der Waals surface area contributed by atoms with Gasteiger partial charge in [0, 0.05) is 13.1 Å². The van der Waals surface area contributed by atoms with Gasteiger partial charge in [-0.3, -0.25) is 14.9 Å². The molecular weight excluding hydrogens is 234 g/mol. The molecule has 0 saturated carbocycles. The first-order chi connectivity index (χ1) is 8.66. The summed E-state index contributed by atoms with van der Waals surface area (Å²) in [6, 6.07) is 8.82. The summed E-state index contributed by atoms with van der Waals surface area (Å²) in [5.74, 6) is -1.83. The molecule has 6 heteroatoms. The lowest BCUT2D eigenvalue weighted by molar-refractivity contribution is -0.135. The van der Waals surface area contributed by atoms with E-state index in [9.17, 15) is 14.4 Å². The van der Waals surface area contributed by atoms with Gasteiger partial charge in [-0.1, -0.05) is 30.3 Å². The molecule has 0 aliphatic carbocycles. The Morgan fingerprint density at radius 2 is 2.00 bits per heavy atom. The second kappa shape index (κ2) is 5.31. The molecule has 0 spiro atoms. The van der Waals surface area contributed by atoms with Crippen LogP contribution in [0.25, 0.3) is 0 Å². The number of carbonyl (C=O) groups excluding carboxylic acids is 3. The normalized spacial score (nSPS) is 18.8. The van der Waals surface area contributed by atoms with Crippen molar-refractivity contribution in [2.24, 2.45) is 5.92 Å². The predicted molar refractivity (Wildman–Crippen MR) is 63.3 cm³/mol. The minimum absolute atomic E-state index is 0.0330. The van der Waals surface area contributed by atoms with Gasteiger partial charge >= 0.3 is 6.03 Å². The summed E-state index contributed by atoms with van der Waals surface area (Å²) in [5.41, 5.74) is 0.950. The Hall–Kier alpha value is -2.37. The van der Waals surface area contributed by atoms with Gasteiger partial charge in [-0.15, -0.1) is 0 Å². The van der Waals surface area contributed by atoms with E-state index in [0.717, 1.165) is 5.56 Å². The van der Waals surface area contributed by atoms with E-state index in [1.165, 1.54) is 0 Å². The van der Waals surface area contributed by atoms with Gasteiger partial charge in [0.25, 0.3) is 0 Å². The quantitative estimate of drug-likeness (QED) is 0.644. The lowest BCUT2D eigenvalue weighted by atomic mass is 10.1. The Bertz CT molecular complexity index is 473. The van der Waals surface area contributed by atoms with E-state index >= 15 is 0 Å². The average Bonchev–Trinajstić information content (AvgIpc) is 2.37. The highest BCUT2D eigenvalue weighted by Gasteiger charge is 2.31. The number of rotatable bonds is 3. The summed E-state index contributed by atoms with van der Waals surface area (Å²) in [6.45, 7) is 0.392. The third kappa shape index (κ3) is 2.85. The molecule has 1 aliphatic heterocycles. The molecule has 0 radical (unpaired) electrons. The van der Waals surface area contributed by atoms with Gasteiger partial charge < -0.3 is 10.6 Å². The van der Waals surface area contributed by atoms with Gasteiger partial charge in [-0.2, -0.15) is 0 Å². The molecule has 18 heavy (non-hydrogen) atoms. The van der Waals surface area contributed by atoms with E-state index in [0.29, 0.717) is 6.54 Å². The number of imide groups is 1. The maximum atomic E-state index is 11.8. The summed E-state index contributed by atoms with van der Waals surface area (Å²) >= 11 is 0. The van der Waals surface area contributed by atoms with E-state index in [4.69, 9.17) is 0 Å². The molecule has 1 aliphatic rings. The van der Waals surface area contributed by atoms with Crippen LogP contribution in [0, 0.1) is 5.92 Å². The van der Waals surface area contributed by atoms with Crippen molar-refractivity contribution in [3.05, 3.63) is 35.9 Å². The lowest BCUT2D eigenvalue weighted by Crippen LogP contribution is -2.56. The van der Waals surface area contributed by atoms with Gasteiger partial charge in [-0.05, 0) is 5.56 Å². The molecule has 1 fully saturated rings. The summed E-state index contributed by atoms with van der Waals surface area (Å²) < 4.78 is 0. The molecule has 94 valence electrons. The molecule has 1 unspecified atom stereocenters. The molecule has 2 rings (SSSR count). The number of amides is 4. The van der Waals surface area contributed by atoms with E-state index in [-0.39, 0.29) is 6.54 Å². The van der Waals surface area contributed by atoms with Crippen molar-refractivity contribution in [1.82, 2.24) is 16.0 Å². The maximum absolute atomic E-state index is 11.8. The molecule has 0 aromatic heterocycles. The Balaban J connectivity index is 1.88. The molecule has 4 amide bonds. The Morgan fingerprint density at radius 1 is 1.28 bits per heavy atom. The van der Waals surface area contributed by atoms with Gasteiger partial charge in [0.1, 0.15) is 5.92 Å².